The molecule has 0 saturated heterocycles. The van der Waals surface area contributed by atoms with Gasteiger partial charge in [-0.15, -0.1) is 0 Å². The average molecular weight is 385 g/mol. The van der Waals surface area contributed by atoms with Gasteiger partial charge in [-0.2, -0.15) is 0 Å². The Labute approximate surface area is 159 Å². The van der Waals surface area contributed by atoms with Crippen LogP contribution in [0, 0.1) is 0 Å². The van der Waals surface area contributed by atoms with Crippen LogP contribution in [-0.2, 0) is 0 Å². The molecule has 0 aliphatic carbocycles. The van der Waals surface area contributed by atoms with E-state index in [9.17, 15) is 4.79 Å². The maximum atomic E-state index is 12.8. The first-order valence-corrected chi connectivity index (χ1v) is 8.78. The van der Waals surface area contributed by atoms with E-state index in [0.29, 0.717) is 27.2 Å². The number of benzene rings is 2. The van der Waals surface area contributed by atoms with Gasteiger partial charge in [0.25, 0.3) is 0 Å². The molecule has 3 aromatic rings. The minimum Gasteiger partial charge on any atom is -0.450 e. The van der Waals surface area contributed by atoms with Crippen molar-refractivity contribution in [2.75, 3.05) is 5.73 Å². The molecule has 1 aliphatic rings. The molecular formula is C20H14Cl2N2O2. The first kappa shape index (κ1) is 16.9. The molecule has 2 N–H and O–H groups in total. The molecule has 4 rings (SSSR count). The van der Waals surface area contributed by atoms with Crippen molar-refractivity contribution in [1.29, 1.82) is 0 Å². The molecule has 0 radical (unpaired) electrons. The number of nitrogens with two attached hydrogens (primary N) is 1. The van der Waals surface area contributed by atoms with E-state index in [2.05, 4.69) is 4.99 Å². The van der Waals surface area contributed by atoms with E-state index in [0.717, 1.165) is 11.3 Å². The number of rotatable bonds is 3. The van der Waals surface area contributed by atoms with Crippen LogP contribution in [0.5, 0.6) is 0 Å². The van der Waals surface area contributed by atoms with E-state index in [-0.39, 0.29) is 22.6 Å². The largest absolute Gasteiger partial charge is 0.450 e. The molecule has 1 unspecified atom stereocenters. The minimum atomic E-state index is -0.381. The van der Waals surface area contributed by atoms with E-state index in [1.165, 1.54) is 6.07 Å². The number of halogens is 2. The molecule has 0 bridgehead atoms. The fourth-order valence-electron chi connectivity index (χ4n) is 2.95. The Kier molecular flexibility index (Phi) is 4.10. The number of nitrogens with zero attached hydrogens (tertiary/aromatic N) is 1. The monoisotopic (exact) mass is 384 g/mol. The van der Waals surface area contributed by atoms with Crippen molar-refractivity contribution < 1.29 is 9.21 Å². The van der Waals surface area contributed by atoms with Crippen LogP contribution in [0.15, 0.2) is 58.0 Å². The van der Waals surface area contributed by atoms with Gasteiger partial charge in [-0.25, -0.2) is 0 Å². The van der Waals surface area contributed by atoms with E-state index in [1.54, 1.807) is 12.1 Å². The molecule has 0 spiro atoms. The van der Waals surface area contributed by atoms with Crippen molar-refractivity contribution in [1.82, 2.24) is 0 Å². The van der Waals surface area contributed by atoms with Crippen LogP contribution < -0.4 is 5.73 Å². The lowest BCUT2D eigenvalue weighted by atomic mass is 10.1. The number of aliphatic imine (C=N–C) groups is 1. The van der Waals surface area contributed by atoms with Gasteiger partial charge in [0.05, 0.1) is 22.5 Å². The summed E-state index contributed by atoms with van der Waals surface area (Å²) in [7, 11) is 0. The van der Waals surface area contributed by atoms with Gasteiger partial charge in [-0.3, -0.25) is 9.79 Å². The molecule has 6 heteroatoms. The molecule has 4 nitrogen and oxygen atoms in total. The van der Waals surface area contributed by atoms with Crippen LogP contribution in [0.2, 0.25) is 10.0 Å². The van der Waals surface area contributed by atoms with Gasteiger partial charge in [0.1, 0.15) is 5.58 Å². The predicted molar refractivity (Wildman–Crippen MR) is 106 cm³/mol. The number of carbonyl (C=O) groups is 1. The highest BCUT2D eigenvalue weighted by Crippen LogP contribution is 2.33. The quantitative estimate of drug-likeness (QED) is 0.622. The third-order valence-corrected chi connectivity index (χ3v) is 4.83. The van der Waals surface area contributed by atoms with Gasteiger partial charge < -0.3 is 10.2 Å². The Morgan fingerprint density at radius 1 is 1.19 bits per heavy atom. The first-order valence-electron chi connectivity index (χ1n) is 8.02. The van der Waals surface area contributed by atoms with Crippen LogP contribution in [0.25, 0.3) is 11.0 Å². The summed E-state index contributed by atoms with van der Waals surface area (Å²) in [6.07, 6.45) is 3.99. The Morgan fingerprint density at radius 3 is 2.69 bits per heavy atom. The number of carbonyl (C=O) groups excluding carboxylic acids is 1. The molecule has 26 heavy (non-hydrogen) atoms. The van der Waals surface area contributed by atoms with Gasteiger partial charge in [0.2, 0.25) is 5.78 Å². The van der Waals surface area contributed by atoms with Crippen molar-refractivity contribution in [3.63, 3.8) is 0 Å². The lowest BCUT2D eigenvalue weighted by Gasteiger charge is -2.02. The van der Waals surface area contributed by atoms with Crippen LogP contribution in [0.4, 0.5) is 5.69 Å². The third kappa shape index (κ3) is 2.81. The minimum absolute atomic E-state index is 0.0682. The molecule has 0 saturated carbocycles. The zero-order chi connectivity index (χ0) is 18.4. The number of nitrogen functional groups attached to an aromatic ring is 1. The summed E-state index contributed by atoms with van der Waals surface area (Å²) >= 11 is 12.0. The Morgan fingerprint density at radius 2 is 2.00 bits per heavy atom. The van der Waals surface area contributed by atoms with Crippen molar-refractivity contribution >= 4 is 51.4 Å². The second-order valence-corrected chi connectivity index (χ2v) is 6.97. The lowest BCUT2D eigenvalue weighted by Crippen LogP contribution is -2.03. The van der Waals surface area contributed by atoms with Crippen molar-refractivity contribution in [2.45, 2.75) is 13.0 Å². The zero-order valence-corrected chi connectivity index (χ0v) is 15.3. The topological polar surface area (TPSA) is 68.6 Å². The number of fused-ring (bicyclic) bond motifs is 1. The molecule has 1 aromatic heterocycles. The summed E-state index contributed by atoms with van der Waals surface area (Å²) in [6, 6.07) is 10.4. The van der Waals surface area contributed by atoms with E-state index in [1.807, 2.05) is 37.3 Å². The molecule has 1 aliphatic heterocycles. The van der Waals surface area contributed by atoms with E-state index >= 15 is 0 Å². The second-order valence-electron chi connectivity index (χ2n) is 6.12. The third-order valence-electron chi connectivity index (χ3n) is 4.28. The smallest absolute Gasteiger partial charge is 0.231 e. The van der Waals surface area contributed by atoms with Crippen LogP contribution >= 0.6 is 23.2 Å². The second kappa shape index (κ2) is 6.31. The molecule has 1 atom stereocenters. The predicted octanol–water partition coefficient (Wildman–Crippen LogP) is 5.30. The maximum Gasteiger partial charge on any atom is 0.231 e. The van der Waals surface area contributed by atoms with E-state index in [4.69, 9.17) is 33.4 Å². The number of anilines is 1. The van der Waals surface area contributed by atoms with Gasteiger partial charge in [0, 0.05) is 21.5 Å². The van der Waals surface area contributed by atoms with Gasteiger partial charge in [0.15, 0.2) is 5.76 Å². The number of allylic oxidation sites excluding steroid dienone is 1. The number of ketones is 1. The molecular weight excluding hydrogens is 371 g/mol. The molecule has 0 amide bonds. The van der Waals surface area contributed by atoms with Gasteiger partial charge in [-0.05, 0) is 43.3 Å². The summed E-state index contributed by atoms with van der Waals surface area (Å²) in [6.45, 7) is 2.01. The summed E-state index contributed by atoms with van der Waals surface area (Å²) in [5.41, 5.74) is 9.06. The van der Waals surface area contributed by atoms with E-state index < -0.39 is 0 Å². The molecule has 0 fully saturated rings. The van der Waals surface area contributed by atoms with Gasteiger partial charge in [-0.1, -0.05) is 35.3 Å². The number of furan rings is 1. The lowest BCUT2D eigenvalue weighted by molar-refractivity contribution is 0.101. The average Bonchev–Trinajstić information content (AvgIpc) is 3.18. The Bertz CT molecular complexity index is 1110. The van der Waals surface area contributed by atoms with Crippen molar-refractivity contribution in [3.05, 3.63) is 75.5 Å². The number of hydrogen-bond donors (Lipinski definition) is 1. The molecule has 130 valence electrons. The number of hydrogen-bond acceptors (Lipinski definition) is 4. The van der Waals surface area contributed by atoms with Crippen molar-refractivity contribution in [3.8, 4) is 0 Å². The fourth-order valence-corrected chi connectivity index (χ4v) is 3.44. The summed E-state index contributed by atoms with van der Waals surface area (Å²) in [5.74, 6) is -0.313. The molecule has 2 aromatic carbocycles. The highest BCUT2D eigenvalue weighted by Gasteiger charge is 2.23. The van der Waals surface area contributed by atoms with Crippen LogP contribution in [0.1, 0.15) is 28.6 Å². The van der Waals surface area contributed by atoms with Crippen LogP contribution in [-0.4, -0.2) is 17.5 Å². The summed E-state index contributed by atoms with van der Waals surface area (Å²) in [4.78, 5) is 17.3. The zero-order valence-electron chi connectivity index (χ0n) is 13.8. The van der Waals surface area contributed by atoms with Gasteiger partial charge >= 0.3 is 0 Å². The maximum absolute atomic E-state index is 12.8. The summed E-state index contributed by atoms with van der Waals surface area (Å²) in [5, 5.41) is 1.38. The highest BCUT2D eigenvalue weighted by atomic mass is 35.5. The fraction of sp³-hybridized carbons (Fsp3) is 0.100. The SMILES string of the molecule is CC1C=CC(c2ccc3c(N)c(C(=O)c4ccc(Cl)cc4Cl)oc3c2)=N1. The summed E-state index contributed by atoms with van der Waals surface area (Å²) < 4.78 is 5.78. The van der Waals surface area contributed by atoms with Crippen LogP contribution in [0.3, 0.4) is 0 Å². The Hall–Kier alpha value is -2.56. The first-order chi connectivity index (χ1) is 12.4. The Balaban J connectivity index is 1.79. The highest BCUT2D eigenvalue weighted by molar-refractivity contribution is 6.37. The molecule has 2 heterocycles. The van der Waals surface area contributed by atoms with Crippen molar-refractivity contribution in [2.24, 2.45) is 4.99 Å². The normalized spacial score (nSPS) is 16.3. The standard InChI is InChI=1S/C20H14Cl2N2O2/c1-10-2-7-16(24-10)11-3-5-14-17(8-11)26-20(18(14)23)19(25)13-6-4-12(21)9-15(13)22/h2-10H,23H2,1H3.